The van der Waals surface area contributed by atoms with Crippen LogP contribution in [0.25, 0.3) is 11.0 Å². The van der Waals surface area contributed by atoms with Crippen LogP contribution < -0.4 is 11.0 Å². The maximum absolute atomic E-state index is 13.9. The number of likely N-dealkylation sites (tertiary alicyclic amines) is 1. The Bertz CT molecular complexity index is 1050. The number of hydrogen-bond acceptors (Lipinski definition) is 4. The van der Waals surface area contributed by atoms with E-state index in [2.05, 4.69) is 16.3 Å². The summed E-state index contributed by atoms with van der Waals surface area (Å²) in [6.45, 7) is 8.72. The summed E-state index contributed by atoms with van der Waals surface area (Å²) in [7, 11) is 0. The zero-order chi connectivity index (χ0) is 24.2. The summed E-state index contributed by atoms with van der Waals surface area (Å²) in [5.74, 6) is 0.801. The first-order chi connectivity index (χ1) is 17.2. The van der Waals surface area contributed by atoms with Crippen molar-refractivity contribution in [3.8, 4) is 0 Å². The summed E-state index contributed by atoms with van der Waals surface area (Å²) in [6.07, 6.45) is 10.3. The quantitative estimate of drug-likeness (QED) is 0.710. The fraction of sp³-hybridized carbons (Fsp3) is 0.714. The molecule has 0 unspecified atom stereocenters. The Morgan fingerprint density at radius 3 is 2.34 bits per heavy atom. The molecular weight excluding hydrogens is 438 g/mol. The van der Waals surface area contributed by atoms with Gasteiger partial charge in [0.25, 0.3) is 0 Å². The second kappa shape index (κ2) is 11.3. The lowest BCUT2D eigenvalue weighted by molar-refractivity contribution is -0.140. The number of amides is 1. The van der Waals surface area contributed by atoms with Crippen molar-refractivity contribution < 1.29 is 4.79 Å². The summed E-state index contributed by atoms with van der Waals surface area (Å²) in [5.41, 5.74) is 1.98. The Balaban J connectivity index is 1.43. The Kier molecular flexibility index (Phi) is 7.93. The number of nitrogens with zero attached hydrogens (tertiary/aromatic N) is 4. The van der Waals surface area contributed by atoms with Gasteiger partial charge in [-0.3, -0.25) is 13.9 Å². The maximum Gasteiger partial charge on any atom is 0.329 e. The minimum absolute atomic E-state index is 0.0327. The fourth-order valence-corrected chi connectivity index (χ4v) is 6.79. The van der Waals surface area contributed by atoms with Crippen LogP contribution in [-0.2, 0) is 11.3 Å². The lowest BCUT2D eigenvalue weighted by atomic mass is 9.87. The first-order valence-electron chi connectivity index (χ1n) is 14.1. The average Bonchev–Trinajstić information content (AvgIpc) is 3.16. The van der Waals surface area contributed by atoms with Crippen LogP contribution in [0, 0.1) is 11.8 Å². The molecule has 3 aliphatic rings. The fourth-order valence-electron chi connectivity index (χ4n) is 6.79. The lowest BCUT2D eigenvalue weighted by Gasteiger charge is -2.42. The highest BCUT2D eigenvalue weighted by Crippen LogP contribution is 2.33. The number of piperidine rings is 1. The van der Waals surface area contributed by atoms with Crippen LogP contribution in [0.2, 0.25) is 0 Å². The van der Waals surface area contributed by atoms with Crippen molar-refractivity contribution in [1.82, 2.24) is 24.3 Å². The van der Waals surface area contributed by atoms with E-state index in [4.69, 9.17) is 0 Å². The number of carbonyl (C=O) groups is 1. The van der Waals surface area contributed by atoms with Gasteiger partial charge in [0, 0.05) is 52.4 Å². The summed E-state index contributed by atoms with van der Waals surface area (Å²) >= 11 is 0. The number of nitrogens with one attached hydrogen (secondary N) is 1. The molecule has 1 aromatic heterocycles. The van der Waals surface area contributed by atoms with Gasteiger partial charge in [0.05, 0.1) is 23.0 Å². The van der Waals surface area contributed by atoms with E-state index in [0.717, 1.165) is 69.2 Å². The number of hydrogen-bond donors (Lipinski definition) is 1. The molecule has 1 aromatic carbocycles. The second-order valence-electron chi connectivity index (χ2n) is 10.9. The Labute approximate surface area is 209 Å². The van der Waals surface area contributed by atoms with Gasteiger partial charge in [0.2, 0.25) is 5.91 Å². The third-order valence-electron chi connectivity index (χ3n) is 8.66. The van der Waals surface area contributed by atoms with Gasteiger partial charge in [-0.15, -0.1) is 0 Å². The molecule has 0 radical (unpaired) electrons. The molecule has 2 saturated heterocycles. The van der Waals surface area contributed by atoms with Crippen molar-refractivity contribution in [2.24, 2.45) is 11.8 Å². The Hall–Kier alpha value is -2.12. The van der Waals surface area contributed by atoms with Crippen LogP contribution in [0.1, 0.15) is 64.3 Å². The molecule has 2 aliphatic heterocycles. The van der Waals surface area contributed by atoms with Gasteiger partial charge in [-0.05, 0) is 44.2 Å². The highest BCUT2D eigenvalue weighted by Gasteiger charge is 2.40. The molecule has 5 rings (SSSR count). The Morgan fingerprint density at radius 2 is 1.63 bits per heavy atom. The maximum atomic E-state index is 13.9. The van der Waals surface area contributed by atoms with Crippen molar-refractivity contribution in [2.75, 3.05) is 45.8 Å². The largest absolute Gasteiger partial charge is 0.340 e. The standard InChI is InChI=1S/C28H43N5O2/c1-2-32-25-12-8-9-13-26(25)33(28(32)35)24-14-17-30(20-22-10-6-4-3-5-7-11-22)21-23(24)27(34)31-18-15-29-16-19-31/h8-9,12-13,22-24,29H,2-7,10-11,14-21H2,1H3/t23-,24-/m0/s1. The first kappa shape index (κ1) is 24.6. The number of aromatic nitrogens is 2. The minimum atomic E-state index is -0.177. The third-order valence-corrected chi connectivity index (χ3v) is 8.66. The number of para-hydroxylation sites is 2. The van der Waals surface area contributed by atoms with Crippen LogP contribution in [0.5, 0.6) is 0 Å². The van der Waals surface area contributed by atoms with Crippen molar-refractivity contribution in [3.05, 3.63) is 34.7 Å². The van der Waals surface area contributed by atoms with E-state index in [0.29, 0.717) is 6.54 Å². The van der Waals surface area contributed by atoms with Gasteiger partial charge in [0.1, 0.15) is 0 Å². The number of imidazole rings is 1. The molecule has 192 valence electrons. The normalized spacial score (nSPS) is 25.5. The molecule has 3 fully saturated rings. The van der Waals surface area contributed by atoms with Crippen molar-refractivity contribution in [1.29, 1.82) is 0 Å². The number of carbonyl (C=O) groups excluding carboxylic acids is 1. The summed E-state index contributed by atoms with van der Waals surface area (Å²) in [6, 6.07) is 8.01. The summed E-state index contributed by atoms with van der Waals surface area (Å²) in [4.78, 5) is 32.2. The smallest absolute Gasteiger partial charge is 0.329 e. The number of piperazine rings is 1. The molecule has 2 aromatic rings. The SMILES string of the molecule is CCn1c(=O)n([C@H]2CCN(CC3CCCCCCC3)C[C@@H]2C(=O)N2CCNCC2)c2ccccc21. The number of aryl methyl sites for hydroxylation is 1. The van der Waals surface area contributed by atoms with Gasteiger partial charge in [0.15, 0.2) is 0 Å². The molecule has 3 heterocycles. The van der Waals surface area contributed by atoms with E-state index in [1.165, 1.54) is 44.9 Å². The number of fused-ring (bicyclic) bond motifs is 1. The molecular formula is C28H43N5O2. The van der Waals surface area contributed by atoms with Crippen LogP contribution in [0.3, 0.4) is 0 Å². The second-order valence-corrected chi connectivity index (χ2v) is 10.9. The molecule has 1 amide bonds. The van der Waals surface area contributed by atoms with E-state index in [9.17, 15) is 9.59 Å². The van der Waals surface area contributed by atoms with Gasteiger partial charge in [-0.1, -0.05) is 44.2 Å². The van der Waals surface area contributed by atoms with Crippen molar-refractivity contribution in [2.45, 2.75) is 70.9 Å². The topological polar surface area (TPSA) is 62.5 Å². The average molecular weight is 482 g/mol. The summed E-state index contributed by atoms with van der Waals surface area (Å²) in [5, 5.41) is 3.37. The first-order valence-corrected chi connectivity index (χ1v) is 14.1. The van der Waals surface area contributed by atoms with E-state index in [-0.39, 0.29) is 23.6 Å². The van der Waals surface area contributed by atoms with Crippen LogP contribution in [-0.4, -0.2) is 70.7 Å². The van der Waals surface area contributed by atoms with Gasteiger partial charge >= 0.3 is 5.69 Å². The van der Waals surface area contributed by atoms with E-state index in [1.54, 1.807) is 0 Å². The van der Waals surface area contributed by atoms with E-state index < -0.39 is 0 Å². The van der Waals surface area contributed by atoms with Crippen molar-refractivity contribution in [3.63, 3.8) is 0 Å². The van der Waals surface area contributed by atoms with Crippen LogP contribution in [0.4, 0.5) is 0 Å². The molecule has 35 heavy (non-hydrogen) atoms. The lowest BCUT2D eigenvalue weighted by Crippen LogP contribution is -2.54. The third kappa shape index (κ3) is 5.21. The van der Waals surface area contributed by atoms with Gasteiger partial charge < -0.3 is 15.1 Å². The molecule has 7 heteroatoms. The Morgan fingerprint density at radius 1 is 0.943 bits per heavy atom. The molecule has 1 aliphatic carbocycles. The number of benzene rings is 1. The molecule has 1 N–H and O–H groups in total. The van der Waals surface area contributed by atoms with Gasteiger partial charge in [-0.25, -0.2) is 4.79 Å². The van der Waals surface area contributed by atoms with Gasteiger partial charge in [-0.2, -0.15) is 0 Å². The monoisotopic (exact) mass is 481 g/mol. The minimum Gasteiger partial charge on any atom is -0.340 e. The predicted molar refractivity (Wildman–Crippen MR) is 141 cm³/mol. The highest BCUT2D eigenvalue weighted by molar-refractivity contribution is 5.81. The van der Waals surface area contributed by atoms with E-state index >= 15 is 0 Å². The molecule has 2 atom stereocenters. The van der Waals surface area contributed by atoms with Crippen molar-refractivity contribution >= 4 is 16.9 Å². The molecule has 0 spiro atoms. The van der Waals surface area contributed by atoms with Crippen LogP contribution >= 0.6 is 0 Å². The molecule has 0 bridgehead atoms. The van der Waals surface area contributed by atoms with Crippen LogP contribution in [0.15, 0.2) is 29.1 Å². The number of rotatable bonds is 5. The zero-order valence-electron chi connectivity index (χ0n) is 21.5. The zero-order valence-corrected chi connectivity index (χ0v) is 21.5. The molecule has 7 nitrogen and oxygen atoms in total. The summed E-state index contributed by atoms with van der Waals surface area (Å²) < 4.78 is 3.83. The van der Waals surface area contributed by atoms with E-state index in [1.807, 2.05) is 39.2 Å². The predicted octanol–water partition coefficient (Wildman–Crippen LogP) is 3.48. The molecule has 1 saturated carbocycles. The highest BCUT2D eigenvalue weighted by atomic mass is 16.2.